The minimum absolute atomic E-state index is 0.0135. The number of amides is 1. The standard InChI is InChI=1S/C16H18BrNO4S/c1-9(21-10-7-5-4-6-8-10)22-15(20)12-16(2,3)23-14-11(17)13(19)18(12)14/h4-9,11-12,14H,1-3H3/t9?,11?,12-,14+/m0/s1. The number of alkyl halides is 1. The van der Waals surface area contributed by atoms with Gasteiger partial charge in [-0.3, -0.25) is 4.79 Å². The highest BCUT2D eigenvalue weighted by Crippen LogP contribution is 2.53. The van der Waals surface area contributed by atoms with E-state index in [0.717, 1.165) is 0 Å². The molecule has 0 spiro atoms. The normalized spacial score (nSPS) is 29.5. The maximum Gasteiger partial charge on any atom is 0.333 e. The Hall–Kier alpha value is -1.21. The third kappa shape index (κ3) is 2.96. The molecular weight excluding hydrogens is 382 g/mol. The van der Waals surface area contributed by atoms with Gasteiger partial charge in [0.1, 0.15) is 22.0 Å². The topological polar surface area (TPSA) is 55.8 Å². The number of thioether (sulfide) groups is 1. The van der Waals surface area contributed by atoms with Gasteiger partial charge in [0.05, 0.1) is 0 Å². The van der Waals surface area contributed by atoms with Gasteiger partial charge in [-0.2, -0.15) is 0 Å². The van der Waals surface area contributed by atoms with E-state index in [1.807, 2.05) is 32.0 Å². The van der Waals surface area contributed by atoms with Gasteiger partial charge in [0.25, 0.3) is 0 Å². The number of fused-ring (bicyclic) bond motifs is 1. The first kappa shape index (κ1) is 16.6. The van der Waals surface area contributed by atoms with Crippen LogP contribution in [0.4, 0.5) is 0 Å². The predicted molar refractivity (Wildman–Crippen MR) is 91.4 cm³/mol. The monoisotopic (exact) mass is 399 g/mol. The molecule has 2 aliphatic heterocycles. The molecule has 0 aliphatic carbocycles. The number of carbonyl (C=O) groups is 2. The van der Waals surface area contributed by atoms with Crippen molar-refractivity contribution >= 4 is 39.6 Å². The van der Waals surface area contributed by atoms with Crippen LogP contribution in [0.25, 0.3) is 0 Å². The van der Waals surface area contributed by atoms with E-state index in [9.17, 15) is 9.59 Å². The van der Waals surface area contributed by atoms with Crippen molar-refractivity contribution in [2.75, 3.05) is 0 Å². The van der Waals surface area contributed by atoms with Gasteiger partial charge >= 0.3 is 5.97 Å². The summed E-state index contributed by atoms with van der Waals surface area (Å²) in [7, 11) is 0. The Morgan fingerprint density at radius 2 is 2.00 bits per heavy atom. The minimum atomic E-state index is -0.721. The summed E-state index contributed by atoms with van der Waals surface area (Å²) in [6, 6.07) is 8.57. The lowest BCUT2D eigenvalue weighted by Crippen LogP contribution is -2.63. The molecule has 4 atom stereocenters. The van der Waals surface area contributed by atoms with Gasteiger partial charge in [-0.15, -0.1) is 11.8 Å². The number of para-hydroxylation sites is 1. The molecule has 0 radical (unpaired) electrons. The molecule has 0 bridgehead atoms. The molecule has 5 nitrogen and oxygen atoms in total. The molecular formula is C16H18BrNO4S. The van der Waals surface area contributed by atoms with Crippen LogP contribution in [0.15, 0.2) is 30.3 Å². The van der Waals surface area contributed by atoms with Crippen LogP contribution < -0.4 is 4.74 Å². The zero-order valence-corrected chi connectivity index (χ0v) is 15.5. The number of β-lactam (4-membered cyclic amide) rings is 1. The van der Waals surface area contributed by atoms with Crippen LogP contribution in [-0.4, -0.2) is 44.1 Å². The smallest absolute Gasteiger partial charge is 0.333 e. The maximum absolute atomic E-state index is 12.6. The third-order valence-electron chi connectivity index (χ3n) is 3.93. The molecule has 0 aromatic heterocycles. The zero-order chi connectivity index (χ0) is 16.8. The number of hydrogen-bond donors (Lipinski definition) is 0. The minimum Gasteiger partial charge on any atom is -0.455 e. The van der Waals surface area contributed by atoms with Crippen molar-refractivity contribution < 1.29 is 19.1 Å². The quantitative estimate of drug-likeness (QED) is 0.337. The van der Waals surface area contributed by atoms with Crippen LogP contribution in [-0.2, 0) is 14.3 Å². The number of halogens is 1. The highest BCUT2D eigenvalue weighted by atomic mass is 79.9. The predicted octanol–water partition coefficient (Wildman–Crippen LogP) is 2.78. The summed E-state index contributed by atoms with van der Waals surface area (Å²) in [6.07, 6.45) is -0.721. The highest BCUT2D eigenvalue weighted by Gasteiger charge is 2.63. The lowest BCUT2D eigenvalue weighted by molar-refractivity contribution is -0.173. The summed E-state index contributed by atoms with van der Waals surface area (Å²) in [5, 5.41) is -0.0135. The van der Waals surface area contributed by atoms with E-state index < -0.39 is 23.0 Å². The summed E-state index contributed by atoms with van der Waals surface area (Å²) in [4.78, 5) is 26.0. The van der Waals surface area contributed by atoms with Crippen LogP contribution in [0.3, 0.4) is 0 Å². The Bertz CT molecular complexity index is 624. The van der Waals surface area contributed by atoms with Gasteiger partial charge < -0.3 is 14.4 Å². The molecule has 2 unspecified atom stereocenters. The second-order valence-electron chi connectivity index (χ2n) is 6.10. The van der Waals surface area contributed by atoms with Crippen molar-refractivity contribution in [1.29, 1.82) is 0 Å². The van der Waals surface area contributed by atoms with E-state index in [4.69, 9.17) is 9.47 Å². The van der Waals surface area contributed by atoms with Crippen LogP contribution >= 0.6 is 27.7 Å². The van der Waals surface area contributed by atoms with Gasteiger partial charge in [0.15, 0.2) is 0 Å². The summed E-state index contributed by atoms with van der Waals surface area (Å²) >= 11 is 4.98. The largest absolute Gasteiger partial charge is 0.455 e. The third-order valence-corrected chi connectivity index (χ3v) is 6.74. The molecule has 1 aromatic carbocycles. The van der Waals surface area contributed by atoms with Crippen molar-refractivity contribution in [2.24, 2.45) is 0 Å². The van der Waals surface area contributed by atoms with Crippen LogP contribution in [0.5, 0.6) is 5.75 Å². The first-order valence-corrected chi connectivity index (χ1v) is 9.17. The van der Waals surface area contributed by atoms with E-state index in [1.54, 1.807) is 35.7 Å². The number of nitrogens with zero attached hydrogens (tertiary/aromatic N) is 1. The first-order valence-electron chi connectivity index (χ1n) is 7.37. The van der Waals surface area contributed by atoms with Crippen molar-refractivity contribution in [3.63, 3.8) is 0 Å². The zero-order valence-electron chi connectivity index (χ0n) is 13.1. The second kappa shape index (κ2) is 6.02. The number of rotatable bonds is 4. The SMILES string of the molecule is CC(OC(=O)[C@@H]1N2C(=O)C(Br)[C@H]2SC1(C)C)Oc1ccccc1. The fourth-order valence-corrected chi connectivity index (χ4v) is 5.24. The number of benzene rings is 1. The molecule has 1 aromatic rings. The molecule has 2 heterocycles. The van der Waals surface area contributed by atoms with Gasteiger partial charge in [-0.1, -0.05) is 34.1 Å². The molecule has 23 heavy (non-hydrogen) atoms. The van der Waals surface area contributed by atoms with Crippen LogP contribution in [0.1, 0.15) is 20.8 Å². The Labute approximate surface area is 147 Å². The van der Waals surface area contributed by atoms with E-state index in [1.165, 1.54) is 0 Å². The van der Waals surface area contributed by atoms with Gasteiger partial charge in [0.2, 0.25) is 12.2 Å². The average molecular weight is 400 g/mol. The van der Waals surface area contributed by atoms with E-state index in [-0.39, 0.29) is 16.1 Å². The van der Waals surface area contributed by atoms with E-state index in [0.29, 0.717) is 5.75 Å². The van der Waals surface area contributed by atoms with Crippen molar-refractivity contribution in [1.82, 2.24) is 4.90 Å². The molecule has 0 N–H and O–H groups in total. The lowest BCUT2D eigenvalue weighted by atomic mass is 9.98. The summed E-state index contributed by atoms with van der Waals surface area (Å²) < 4.78 is 10.6. The van der Waals surface area contributed by atoms with E-state index in [2.05, 4.69) is 15.9 Å². The van der Waals surface area contributed by atoms with Crippen molar-refractivity contribution in [3.05, 3.63) is 30.3 Å². The lowest BCUT2D eigenvalue weighted by Gasteiger charge is -2.41. The van der Waals surface area contributed by atoms with Gasteiger partial charge in [0, 0.05) is 11.7 Å². The van der Waals surface area contributed by atoms with Crippen molar-refractivity contribution in [3.8, 4) is 5.75 Å². The molecule has 1 amide bonds. The Morgan fingerprint density at radius 3 is 2.65 bits per heavy atom. The highest BCUT2D eigenvalue weighted by molar-refractivity contribution is 9.10. The Balaban J connectivity index is 1.66. The fourth-order valence-electron chi connectivity index (χ4n) is 2.89. The van der Waals surface area contributed by atoms with Gasteiger partial charge in [-0.25, -0.2) is 4.79 Å². The number of carbonyl (C=O) groups excluding carboxylic acids is 2. The Morgan fingerprint density at radius 1 is 1.35 bits per heavy atom. The number of esters is 1. The molecule has 2 saturated heterocycles. The second-order valence-corrected chi connectivity index (χ2v) is 8.85. The molecule has 3 rings (SSSR count). The van der Waals surface area contributed by atoms with Crippen LogP contribution in [0, 0.1) is 0 Å². The molecule has 124 valence electrons. The van der Waals surface area contributed by atoms with E-state index >= 15 is 0 Å². The van der Waals surface area contributed by atoms with Crippen molar-refractivity contribution in [2.45, 2.75) is 48.1 Å². The molecule has 2 fully saturated rings. The number of ether oxygens (including phenoxy) is 2. The summed E-state index contributed by atoms with van der Waals surface area (Å²) in [6.45, 7) is 5.58. The Kier molecular flexibility index (Phi) is 4.35. The fraction of sp³-hybridized carbons (Fsp3) is 0.500. The summed E-state index contributed by atoms with van der Waals surface area (Å²) in [5.41, 5.74) is 0. The molecule has 2 aliphatic rings. The van der Waals surface area contributed by atoms with Gasteiger partial charge in [-0.05, 0) is 26.0 Å². The average Bonchev–Trinajstić information content (AvgIpc) is 2.76. The maximum atomic E-state index is 12.6. The number of hydrogen-bond acceptors (Lipinski definition) is 5. The molecule has 7 heteroatoms. The van der Waals surface area contributed by atoms with Crippen LogP contribution in [0.2, 0.25) is 0 Å². The first-order chi connectivity index (χ1) is 10.8. The molecule has 0 saturated carbocycles. The summed E-state index contributed by atoms with van der Waals surface area (Å²) in [5.74, 6) is 0.138.